The second kappa shape index (κ2) is 11.3. The molecule has 0 spiro atoms. The SMILES string of the molecule is CCOc1ccccc1NC(=O)Cn1c(=O)c(CCC(=O)NCC(C)C)nc2ccccc21. The molecule has 0 saturated heterocycles. The molecule has 0 bridgehead atoms. The van der Waals surface area contributed by atoms with Gasteiger partial charge in [-0.15, -0.1) is 0 Å². The Hall–Kier alpha value is -3.68. The molecule has 33 heavy (non-hydrogen) atoms. The maximum Gasteiger partial charge on any atom is 0.273 e. The summed E-state index contributed by atoms with van der Waals surface area (Å²) in [5, 5.41) is 5.67. The van der Waals surface area contributed by atoms with Crippen molar-refractivity contribution in [1.29, 1.82) is 0 Å². The maximum absolute atomic E-state index is 13.2. The Balaban J connectivity index is 1.83. The second-order valence-electron chi connectivity index (χ2n) is 8.11. The number of carbonyl (C=O) groups is 2. The van der Waals surface area contributed by atoms with Crippen molar-refractivity contribution in [1.82, 2.24) is 14.9 Å². The van der Waals surface area contributed by atoms with Gasteiger partial charge in [0.25, 0.3) is 5.56 Å². The first kappa shape index (κ1) is 24.0. The topological polar surface area (TPSA) is 102 Å². The van der Waals surface area contributed by atoms with Crippen LogP contribution in [-0.4, -0.2) is 34.5 Å². The van der Waals surface area contributed by atoms with Crippen LogP contribution in [0.4, 0.5) is 5.69 Å². The number of benzene rings is 2. The summed E-state index contributed by atoms with van der Waals surface area (Å²) >= 11 is 0. The fraction of sp³-hybridized carbons (Fsp3) is 0.360. The number of rotatable bonds is 10. The monoisotopic (exact) mass is 450 g/mol. The Morgan fingerprint density at radius 1 is 1.06 bits per heavy atom. The Morgan fingerprint density at radius 3 is 2.55 bits per heavy atom. The van der Waals surface area contributed by atoms with Crippen LogP contribution < -0.4 is 20.9 Å². The van der Waals surface area contributed by atoms with Crippen LogP contribution in [0.2, 0.25) is 0 Å². The summed E-state index contributed by atoms with van der Waals surface area (Å²) in [6.45, 7) is 6.76. The van der Waals surface area contributed by atoms with Crippen molar-refractivity contribution in [2.75, 3.05) is 18.5 Å². The van der Waals surface area contributed by atoms with Crippen LogP contribution in [0.5, 0.6) is 5.75 Å². The van der Waals surface area contributed by atoms with E-state index in [0.29, 0.717) is 41.5 Å². The number of aryl methyl sites for hydroxylation is 1. The Bertz CT molecular complexity index is 1190. The lowest BCUT2D eigenvalue weighted by Crippen LogP contribution is -2.32. The van der Waals surface area contributed by atoms with Gasteiger partial charge in [-0.3, -0.25) is 19.0 Å². The fourth-order valence-electron chi connectivity index (χ4n) is 3.39. The summed E-state index contributed by atoms with van der Waals surface area (Å²) < 4.78 is 6.96. The van der Waals surface area contributed by atoms with Gasteiger partial charge in [0, 0.05) is 19.4 Å². The van der Waals surface area contributed by atoms with Gasteiger partial charge >= 0.3 is 0 Å². The minimum absolute atomic E-state index is 0.130. The first-order chi connectivity index (χ1) is 15.9. The highest BCUT2D eigenvalue weighted by atomic mass is 16.5. The Kier molecular flexibility index (Phi) is 8.18. The van der Waals surface area contributed by atoms with Crippen LogP contribution in [0.1, 0.15) is 32.9 Å². The van der Waals surface area contributed by atoms with Crippen LogP contribution >= 0.6 is 0 Å². The van der Waals surface area contributed by atoms with Gasteiger partial charge in [-0.05, 0) is 37.1 Å². The molecule has 0 aliphatic heterocycles. The molecule has 1 heterocycles. The minimum atomic E-state index is -0.376. The molecule has 3 rings (SSSR count). The lowest BCUT2D eigenvalue weighted by Gasteiger charge is -2.14. The molecule has 0 atom stereocenters. The van der Waals surface area contributed by atoms with E-state index in [9.17, 15) is 14.4 Å². The quantitative estimate of drug-likeness (QED) is 0.494. The lowest BCUT2D eigenvalue weighted by atomic mass is 10.2. The van der Waals surface area contributed by atoms with Crippen LogP contribution in [-0.2, 0) is 22.6 Å². The Morgan fingerprint density at radius 2 is 1.79 bits per heavy atom. The van der Waals surface area contributed by atoms with Crippen LogP contribution in [0.25, 0.3) is 11.0 Å². The van der Waals surface area contributed by atoms with Gasteiger partial charge in [0.05, 0.1) is 23.3 Å². The summed E-state index contributed by atoms with van der Waals surface area (Å²) in [7, 11) is 0. The number of nitrogens with one attached hydrogen (secondary N) is 2. The number of para-hydroxylation sites is 4. The summed E-state index contributed by atoms with van der Waals surface area (Å²) in [4.78, 5) is 42.6. The highest BCUT2D eigenvalue weighted by Gasteiger charge is 2.16. The predicted octanol–water partition coefficient (Wildman–Crippen LogP) is 3.14. The fourth-order valence-corrected chi connectivity index (χ4v) is 3.39. The molecule has 2 aromatic carbocycles. The number of hydrogen-bond donors (Lipinski definition) is 2. The van der Waals surface area contributed by atoms with Gasteiger partial charge in [0.2, 0.25) is 11.8 Å². The molecule has 8 heteroatoms. The van der Waals surface area contributed by atoms with E-state index in [4.69, 9.17) is 4.74 Å². The van der Waals surface area contributed by atoms with E-state index < -0.39 is 0 Å². The van der Waals surface area contributed by atoms with Gasteiger partial charge in [0.15, 0.2) is 0 Å². The predicted molar refractivity (Wildman–Crippen MR) is 128 cm³/mol. The number of nitrogens with zero attached hydrogens (tertiary/aromatic N) is 2. The van der Waals surface area contributed by atoms with Crippen molar-refractivity contribution in [2.45, 2.75) is 40.2 Å². The van der Waals surface area contributed by atoms with Crippen molar-refractivity contribution < 1.29 is 14.3 Å². The molecule has 0 radical (unpaired) electrons. The number of amides is 2. The average molecular weight is 451 g/mol. The molecule has 2 amide bonds. The van der Waals surface area contributed by atoms with Crippen LogP contribution in [0.15, 0.2) is 53.3 Å². The molecule has 0 saturated carbocycles. The number of carbonyl (C=O) groups excluding carboxylic acids is 2. The number of aromatic nitrogens is 2. The molecule has 1 aromatic heterocycles. The van der Waals surface area contributed by atoms with Crippen molar-refractivity contribution in [3.63, 3.8) is 0 Å². The van der Waals surface area contributed by atoms with E-state index in [1.807, 2.05) is 32.9 Å². The number of anilines is 1. The molecule has 3 aromatic rings. The van der Waals surface area contributed by atoms with Gasteiger partial charge in [0.1, 0.15) is 18.0 Å². The summed E-state index contributed by atoms with van der Waals surface area (Å²) in [6.07, 6.45) is 0.351. The van der Waals surface area contributed by atoms with Crippen LogP contribution in [0.3, 0.4) is 0 Å². The van der Waals surface area contributed by atoms with Gasteiger partial charge in [-0.2, -0.15) is 0 Å². The molecule has 0 aliphatic rings. The third kappa shape index (κ3) is 6.41. The van der Waals surface area contributed by atoms with Crippen molar-refractivity contribution >= 4 is 28.5 Å². The third-order valence-corrected chi connectivity index (χ3v) is 4.98. The molecular formula is C25H30N4O4. The van der Waals surface area contributed by atoms with Crippen molar-refractivity contribution in [3.8, 4) is 5.75 Å². The molecular weight excluding hydrogens is 420 g/mol. The van der Waals surface area contributed by atoms with Crippen LogP contribution in [0, 0.1) is 5.92 Å². The molecule has 0 aliphatic carbocycles. The van der Waals surface area contributed by atoms with E-state index in [-0.39, 0.29) is 42.5 Å². The van der Waals surface area contributed by atoms with Gasteiger partial charge in [-0.25, -0.2) is 4.98 Å². The molecule has 0 fully saturated rings. The normalized spacial score (nSPS) is 10.9. The zero-order chi connectivity index (χ0) is 23.8. The number of hydrogen-bond acceptors (Lipinski definition) is 5. The van der Waals surface area contributed by atoms with Crippen molar-refractivity contribution in [3.05, 3.63) is 64.6 Å². The zero-order valence-corrected chi connectivity index (χ0v) is 19.3. The standard InChI is InChI=1S/C25H30N4O4/c1-4-33-22-12-8-6-10-19(22)28-24(31)16-29-21-11-7-5-9-18(21)27-20(25(29)32)13-14-23(30)26-15-17(2)3/h5-12,17H,4,13-16H2,1-3H3,(H,26,30)(H,28,31). The summed E-state index contributed by atoms with van der Waals surface area (Å²) in [5.74, 6) is 0.417. The molecule has 0 unspecified atom stereocenters. The molecule has 8 nitrogen and oxygen atoms in total. The molecule has 2 N–H and O–H groups in total. The van der Waals surface area contributed by atoms with E-state index >= 15 is 0 Å². The third-order valence-electron chi connectivity index (χ3n) is 4.98. The average Bonchev–Trinajstić information content (AvgIpc) is 2.80. The first-order valence-electron chi connectivity index (χ1n) is 11.2. The highest BCUT2D eigenvalue weighted by Crippen LogP contribution is 2.23. The maximum atomic E-state index is 13.2. The number of fused-ring (bicyclic) bond motifs is 1. The summed E-state index contributed by atoms with van der Waals surface area (Å²) in [5.41, 5.74) is 1.58. The highest BCUT2D eigenvalue weighted by molar-refractivity contribution is 5.93. The van der Waals surface area contributed by atoms with Crippen molar-refractivity contribution in [2.24, 2.45) is 5.92 Å². The van der Waals surface area contributed by atoms with E-state index in [0.717, 1.165) is 0 Å². The smallest absolute Gasteiger partial charge is 0.273 e. The lowest BCUT2D eigenvalue weighted by molar-refractivity contribution is -0.121. The molecule has 174 valence electrons. The first-order valence-corrected chi connectivity index (χ1v) is 11.2. The number of ether oxygens (including phenoxy) is 1. The van der Waals surface area contributed by atoms with E-state index in [2.05, 4.69) is 15.6 Å². The minimum Gasteiger partial charge on any atom is -0.492 e. The largest absolute Gasteiger partial charge is 0.492 e. The van der Waals surface area contributed by atoms with E-state index in [1.54, 1.807) is 36.4 Å². The summed E-state index contributed by atoms with van der Waals surface area (Å²) in [6, 6.07) is 14.3. The Labute approximate surface area is 193 Å². The second-order valence-corrected chi connectivity index (χ2v) is 8.11. The zero-order valence-electron chi connectivity index (χ0n) is 19.3. The van der Waals surface area contributed by atoms with Gasteiger partial charge < -0.3 is 15.4 Å². The van der Waals surface area contributed by atoms with E-state index in [1.165, 1.54) is 4.57 Å². The van der Waals surface area contributed by atoms with Gasteiger partial charge in [-0.1, -0.05) is 38.1 Å².